The maximum atomic E-state index is 6.07. The van der Waals surface area contributed by atoms with Crippen LogP contribution in [0.1, 0.15) is 12.5 Å². The first-order valence-corrected chi connectivity index (χ1v) is 7.40. The average molecular weight is 294 g/mol. The predicted molar refractivity (Wildman–Crippen MR) is 82.8 cm³/mol. The number of ether oxygens (including phenoxy) is 3. The first-order chi connectivity index (χ1) is 10.1. The van der Waals surface area contributed by atoms with E-state index < -0.39 is 0 Å². The summed E-state index contributed by atoms with van der Waals surface area (Å²) in [5, 5.41) is 0. The van der Waals surface area contributed by atoms with Gasteiger partial charge in [-0.25, -0.2) is 0 Å². The second-order valence-corrected chi connectivity index (χ2v) is 5.66. The lowest BCUT2D eigenvalue weighted by molar-refractivity contribution is 0.144. The van der Waals surface area contributed by atoms with Crippen LogP contribution >= 0.6 is 0 Å². The number of hydrogen-bond donors (Lipinski definition) is 1. The van der Waals surface area contributed by atoms with Crippen molar-refractivity contribution in [2.75, 3.05) is 40.5 Å². The van der Waals surface area contributed by atoms with Crippen molar-refractivity contribution in [2.24, 2.45) is 11.7 Å². The van der Waals surface area contributed by atoms with Crippen molar-refractivity contribution in [1.29, 1.82) is 0 Å². The molecule has 118 valence electrons. The second kappa shape index (κ2) is 7.64. The Labute approximate surface area is 127 Å². The van der Waals surface area contributed by atoms with Crippen LogP contribution < -0.4 is 15.2 Å². The molecule has 1 heterocycles. The number of methoxy groups -OCH3 is 2. The van der Waals surface area contributed by atoms with Crippen molar-refractivity contribution in [3.05, 3.63) is 23.8 Å². The molecule has 5 heteroatoms. The van der Waals surface area contributed by atoms with E-state index in [-0.39, 0.29) is 6.04 Å². The second-order valence-electron chi connectivity index (χ2n) is 5.66. The van der Waals surface area contributed by atoms with Crippen LogP contribution in [0, 0.1) is 5.92 Å². The molecule has 0 amide bonds. The fourth-order valence-corrected chi connectivity index (χ4v) is 2.65. The molecular formula is C16H26N2O3. The lowest BCUT2D eigenvalue weighted by atomic mass is 10.1. The Morgan fingerprint density at radius 2 is 2.00 bits per heavy atom. The normalized spacial score (nSPS) is 22.5. The van der Waals surface area contributed by atoms with Gasteiger partial charge in [-0.15, -0.1) is 0 Å². The largest absolute Gasteiger partial charge is 0.493 e. The third-order valence-electron chi connectivity index (χ3n) is 3.93. The van der Waals surface area contributed by atoms with Crippen molar-refractivity contribution >= 4 is 0 Å². The Hall–Kier alpha value is -1.30. The summed E-state index contributed by atoms with van der Waals surface area (Å²) in [5.74, 6) is 2.08. The molecule has 2 atom stereocenters. The first kappa shape index (κ1) is 16.1. The van der Waals surface area contributed by atoms with Crippen molar-refractivity contribution < 1.29 is 14.2 Å². The van der Waals surface area contributed by atoms with E-state index in [1.807, 2.05) is 12.1 Å². The van der Waals surface area contributed by atoms with E-state index in [9.17, 15) is 0 Å². The van der Waals surface area contributed by atoms with Crippen molar-refractivity contribution in [1.82, 2.24) is 4.90 Å². The van der Waals surface area contributed by atoms with Gasteiger partial charge < -0.3 is 19.9 Å². The minimum atomic E-state index is 0.281. The van der Waals surface area contributed by atoms with Crippen LogP contribution in [0.15, 0.2) is 18.2 Å². The minimum absolute atomic E-state index is 0.281. The summed E-state index contributed by atoms with van der Waals surface area (Å²) in [5.41, 5.74) is 7.29. The third kappa shape index (κ3) is 4.33. The Balaban J connectivity index is 1.98. The Kier molecular flexibility index (Phi) is 5.85. The van der Waals surface area contributed by atoms with E-state index in [4.69, 9.17) is 19.9 Å². The SMILES string of the molecule is COCCOc1ccc(CN2CC(C)C(N)C2)cc1OC. The summed E-state index contributed by atoms with van der Waals surface area (Å²) in [6, 6.07) is 6.36. The quantitative estimate of drug-likeness (QED) is 0.772. The molecule has 21 heavy (non-hydrogen) atoms. The van der Waals surface area contributed by atoms with Crippen LogP contribution in [0.4, 0.5) is 0 Å². The van der Waals surface area contributed by atoms with Crippen molar-refractivity contribution in [3.8, 4) is 11.5 Å². The van der Waals surface area contributed by atoms with Crippen LogP contribution in [0.3, 0.4) is 0 Å². The fraction of sp³-hybridized carbons (Fsp3) is 0.625. The summed E-state index contributed by atoms with van der Waals surface area (Å²) < 4.78 is 16.0. The van der Waals surface area contributed by atoms with Crippen LogP contribution in [0.25, 0.3) is 0 Å². The van der Waals surface area contributed by atoms with Gasteiger partial charge in [0.15, 0.2) is 11.5 Å². The zero-order chi connectivity index (χ0) is 15.2. The third-order valence-corrected chi connectivity index (χ3v) is 3.93. The van der Waals surface area contributed by atoms with E-state index in [1.165, 1.54) is 5.56 Å². The molecule has 1 aliphatic rings. The van der Waals surface area contributed by atoms with E-state index in [2.05, 4.69) is 17.9 Å². The maximum Gasteiger partial charge on any atom is 0.161 e. The van der Waals surface area contributed by atoms with E-state index in [0.29, 0.717) is 19.1 Å². The zero-order valence-electron chi connectivity index (χ0n) is 13.2. The van der Waals surface area contributed by atoms with E-state index in [1.54, 1.807) is 14.2 Å². The Morgan fingerprint density at radius 3 is 2.62 bits per heavy atom. The molecule has 5 nitrogen and oxygen atoms in total. The van der Waals surface area contributed by atoms with E-state index >= 15 is 0 Å². The van der Waals surface area contributed by atoms with E-state index in [0.717, 1.165) is 31.1 Å². The molecule has 0 spiro atoms. The first-order valence-electron chi connectivity index (χ1n) is 7.40. The standard InChI is InChI=1S/C16H26N2O3/c1-12-9-18(11-14(12)17)10-13-4-5-15(16(8-13)20-3)21-7-6-19-2/h4-5,8,12,14H,6-7,9-11,17H2,1-3H3. The summed E-state index contributed by atoms with van der Waals surface area (Å²) in [7, 11) is 3.32. The number of nitrogens with two attached hydrogens (primary N) is 1. The molecule has 0 bridgehead atoms. The molecule has 1 saturated heterocycles. The van der Waals surface area contributed by atoms with Gasteiger partial charge in [0.1, 0.15) is 6.61 Å². The predicted octanol–water partition coefficient (Wildman–Crippen LogP) is 1.50. The molecule has 1 aliphatic heterocycles. The summed E-state index contributed by atoms with van der Waals surface area (Å²) >= 11 is 0. The van der Waals surface area contributed by atoms with Gasteiger partial charge in [0.2, 0.25) is 0 Å². The van der Waals surface area contributed by atoms with Gasteiger partial charge in [0.25, 0.3) is 0 Å². The molecule has 2 N–H and O–H groups in total. The maximum absolute atomic E-state index is 6.07. The molecular weight excluding hydrogens is 268 g/mol. The minimum Gasteiger partial charge on any atom is -0.493 e. The van der Waals surface area contributed by atoms with Crippen molar-refractivity contribution in [2.45, 2.75) is 19.5 Å². The lowest BCUT2D eigenvalue weighted by Gasteiger charge is -2.17. The molecule has 1 aromatic rings. The monoisotopic (exact) mass is 294 g/mol. The zero-order valence-corrected chi connectivity index (χ0v) is 13.2. The van der Waals surface area contributed by atoms with Gasteiger partial charge >= 0.3 is 0 Å². The number of hydrogen-bond acceptors (Lipinski definition) is 5. The molecule has 1 aromatic carbocycles. The fourth-order valence-electron chi connectivity index (χ4n) is 2.65. The number of likely N-dealkylation sites (tertiary alicyclic amines) is 1. The average Bonchev–Trinajstić information content (AvgIpc) is 2.78. The highest BCUT2D eigenvalue weighted by Crippen LogP contribution is 2.29. The molecule has 0 aliphatic carbocycles. The van der Waals surface area contributed by atoms with Crippen LogP contribution in [0.2, 0.25) is 0 Å². The summed E-state index contributed by atoms with van der Waals surface area (Å²) in [4.78, 5) is 2.38. The Bertz CT molecular complexity index is 443. The lowest BCUT2D eigenvalue weighted by Crippen LogP contribution is -2.28. The van der Waals surface area contributed by atoms with Crippen LogP contribution in [0.5, 0.6) is 11.5 Å². The topological polar surface area (TPSA) is 57.0 Å². The molecule has 0 aromatic heterocycles. The highest BCUT2D eigenvalue weighted by molar-refractivity contribution is 5.43. The molecule has 2 rings (SSSR count). The number of nitrogens with zero attached hydrogens (tertiary/aromatic N) is 1. The Morgan fingerprint density at radius 1 is 1.19 bits per heavy atom. The highest BCUT2D eigenvalue weighted by atomic mass is 16.5. The number of benzene rings is 1. The van der Waals surface area contributed by atoms with Gasteiger partial charge in [-0.2, -0.15) is 0 Å². The van der Waals surface area contributed by atoms with Gasteiger partial charge in [0, 0.05) is 32.8 Å². The molecule has 2 unspecified atom stereocenters. The number of rotatable bonds is 7. The highest BCUT2D eigenvalue weighted by Gasteiger charge is 2.26. The van der Waals surface area contributed by atoms with Gasteiger partial charge in [-0.3, -0.25) is 4.90 Å². The summed E-state index contributed by atoms with van der Waals surface area (Å²) in [6.45, 7) is 6.19. The van der Waals surface area contributed by atoms with Crippen LogP contribution in [-0.4, -0.2) is 51.5 Å². The molecule has 0 saturated carbocycles. The van der Waals surface area contributed by atoms with Crippen molar-refractivity contribution in [3.63, 3.8) is 0 Å². The molecule has 1 fully saturated rings. The van der Waals surface area contributed by atoms with Crippen LogP contribution in [-0.2, 0) is 11.3 Å². The smallest absolute Gasteiger partial charge is 0.161 e. The van der Waals surface area contributed by atoms with Gasteiger partial charge in [-0.1, -0.05) is 13.0 Å². The summed E-state index contributed by atoms with van der Waals surface area (Å²) in [6.07, 6.45) is 0. The molecule has 0 radical (unpaired) electrons. The van der Waals surface area contributed by atoms with Gasteiger partial charge in [0.05, 0.1) is 13.7 Å². The van der Waals surface area contributed by atoms with Gasteiger partial charge in [-0.05, 0) is 23.6 Å².